The zero-order chi connectivity index (χ0) is 15.9. The lowest BCUT2D eigenvalue weighted by Crippen LogP contribution is -2.48. The van der Waals surface area contributed by atoms with Gasteiger partial charge in [0.05, 0.1) is 6.26 Å². The first-order chi connectivity index (χ1) is 9.54. The molecule has 1 spiro atoms. The van der Waals surface area contributed by atoms with Crippen LogP contribution in [0.25, 0.3) is 0 Å². The monoisotopic (exact) mass is 318 g/mol. The molecule has 1 heterocycles. The van der Waals surface area contributed by atoms with Gasteiger partial charge in [0.1, 0.15) is 5.60 Å². The lowest BCUT2D eigenvalue weighted by atomic mass is 9.83. The van der Waals surface area contributed by atoms with Crippen molar-refractivity contribution >= 4 is 16.1 Å². The van der Waals surface area contributed by atoms with Crippen molar-refractivity contribution in [2.75, 3.05) is 25.9 Å². The molecule has 0 bridgehead atoms. The SMILES string of the molecule is CC(C)(C)OC(=O)N(CC1CNCCC12CC2)S(C)(=O)=O. The topological polar surface area (TPSA) is 75.7 Å². The highest BCUT2D eigenvalue weighted by atomic mass is 32.2. The fourth-order valence-electron chi connectivity index (χ4n) is 2.97. The number of nitrogens with one attached hydrogen (secondary N) is 1. The molecule has 2 aliphatic rings. The molecule has 1 saturated heterocycles. The third-order valence-electron chi connectivity index (χ3n) is 4.33. The molecule has 1 atom stereocenters. The van der Waals surface area contributed by atoms with Crippen molar-refractivity contribution in [2.24, 2.45) is 11.3 Å². The highest BCUT2D eigenvalue weighted by Crippen LogP contribution is 2.56. The number of nitrogens with zero attached hydrogens (tertiary/aromatic N) is 1. The molecule has 6 nitrogen and oxygen atoms in total. The van der Waals surface area contributed by atoms with E-state index >= 15 is 0 Å². The van der Waals surface area contributed by atoms with E-state index in [1.807, 2.05) is 0 Å². The molecule has 122 valence electrons. The Morgan fingerprint density at radius 2 is 1.95 bits per heavy atom. The Labute approximate surface area is 127 Å². The van der Waals surface area contributed by atoms with Gasteiger partial charge >= 0.3 is 6.09 Å². The zero-order valence-corrected chi connectivity index (χ0v) is 14.1. The van der Waals surface area contributed by atoms with Crippen LogP contribution in [0.4, 0.5) is 4.79 Å². The fraction of sp³-hybridized carbons (Fsp3) is 0.929. The van der Waals surface area contributed by atoms with Gasteiger partial charge in [-0.2, -0.15) is 0 Å². The minimum atomic E-state index is -3.63. The highest BCUT2D eigenvalue weighted by molar-refractivity contribution is 7.88. The van der Waals surface area contributed by atoms with E-state index in [9.17, 15) is 13.2 Å². The van der Waals surface area contributed by atoms with Gasteiger partial charge in [0.2, 0.25) is 10.0 Å². The summed E-state index contributed by atoms with van der Waals surface area (Å²) in [5.74, 6) is 0.175. The van der Waals surface area contributed by atoms with Gasteiger partial charge in [0.25, 0.3) is 0 Å². The molecule has 0 aromatic rings. The second kappa shape index (κ2) is 5.43. The molecular weight excluding hydrogens is 292 g/mol. The Morgan fingerprint density at radius 3 is 2.43 bits per heavy atom. The fourth-order valence-corrected chi connectivity index (χ4v) is 3.73. The van der Waals surface area contributed by atoms with Crippen LogP contribution < -0.4 is 5.32 Å². The summed E-state index contributed by atoms with van der Waals surface area (Å²) in [4.78, 5) is 12.2. The number of amides is 1. The van der Waals surface area contributed by atoms with E-state index < -0.39 is 21.7 Å². The number of hydrogen-bond acceptors (Lipinski definition) is 5. The number of carbonyl (C=O) groups excluding carboxylic acids is 1. The molecule has 1 amide bonds. The first-order valence-electron chi connectivity index (χ1n) is 7.45. The van der Waals surface area contributed by atoms with Crippen LogP contribution in [-0.4, -0.2) is 50.3 Å². The normalized spacial score (nSPS) is 24.7. The molecular formula is C14H26N2O4S. The van der Waals surface area contributed by atoms with Crippen molar-refractivity contribution in [3.63, 3.8) is 0 Å². The van der Waals surface area contributed by atoms with Gasteiger partial charge in [-0.1, -0.05) is 0 Å². The second-order valence-corrected chi connectivity index (χ2v) is 9.19. The molecule has 0 aromatic heterocycles. The van der Waals surface area contributed by atoms with Crippen molar-refractivity contribution in [3.05, 3.63) is 0 Å². The number of carbonyl (C=O) groups is 1. The second-order valence-electron chi connectivity index (χ2n) is 7.29. The summed E-state index contributed by atoms with van der Waals surface area (Å²) in [6, 6.07) is 0. The molecule has 1 aliphatic heterocycles. The Balaban J connectivity index is 2.12. The van der Waals surface area contributed by atoms with Crippen molar-refractivity contribution in [3.8, 4) is 0 Å². The quantitative estimate of drug-likeness (QED) is 0.855. The first-order valence-corrected chi connectivity index (χ1v) is 9.30. The van der Waals surface area contributed by atoms with E-state index in [2.05, 4.69) is 5.32 Å². The van der Waals surface area contributed by atoms with E-state index in [0.29, 0.717) is 0 Å². The third kappa shape index (κ3) is 4.10. The van der Waals surface area contributed by atoms with Crippen LogP contribution in [0.1, 0.15) is 40.0 Å². The van der Waals surface area contributed by atoms with Crippen LogP contribution in [0.15, 0.2) is 0 Å². The Morgan fingerprint density at radius 1 is 1.33 bits per heavy atom. The number of ether oxygens (including phenoxy) is 1. The Kier molecular flexibility index (Phi) is 4.28. The largest absolute Gasteiger partial charge is 0.443 e. The lowest BCUT2D eigenvalue weighted by Gasteiger charge is -2.36. The summed E-state index contributed by atoms with van der Waals surface area (Å²) in [6.07, 6.45) is 3.61. The van der Waals surface area contributed by atoms with Crippen molar-refractivity contribution < 1.29 is 17.9 Å². The van der Waals surface area contributed by atoms with Crippen LogP contribution in [-0.2, 0) is 14.8 Å². The summed E-state index contributed by atoms with van der Waals surface area (Å²) in [6.45, 7) is 7.14. The summed E-state index contributed by atoms with van der Waals surface area (Å²) in [5, 5.41) is 3.30. The number of piperidine rings is 1. The molecule has 1 N–H and O–H groups in total. The third-order valence-corrected chi connectivity index (χ3v) is 5.43. The van der Waals surface area contributed by atoms with Gasteiger partial charge in [0, 0.05) is 13.1 Å². The molecule has 0 radical (unpaired) electrons. The molecule has 1 saturated carbocycles. The van der Waals surface area contributed by atoms with E-state index in [0.717, 1.165) is 42.9 Å². The maximum Gasteiger partial charge on any atom is 0.424 e. The molecule has 0 aromatic carbocycles. The number of sulfonamides is 1. The number of rotatable bonds is 3. The lowest BCUT2D eigenvalue weighted by molar-refractivity contribution is 0.0347. The zero-order valence-electron chi connectivity index (χ0n) is 13.3. The van der Waals surface area contributed by atoms with E-state index in [1.165, 1.54) is 0 Å². The van der Waals surface area contributed by atoms with Gasteiger partial charge < -0.3 is 10.1 Å². The van der Waals surface area contributed by atoms with Crippen LogP contribution in [0.3, 0.4) is 0 Å². The number of hydrogen-bond donors (Lipinski definition) is 1. The summed E-state index contributed by atoms with van der Waals surface area (Å²) < 4.78 is 30.1. The molecule has 2 fully saturated rings. The van der Waals surface area contributed by atoms with E-state index in [1.54, 1.807) is 20.8 Å². The van der Waals surface area contributed by atoms with Gasteiger partial charge in [0.15, 0.2) is 0 Å². The van der Waals surface area contributed by atoms with Crippen LogP contribution in [0.2, 0.25) is 0 Å². The highest BCUT2D eigenvalue weighted by Gasteiger charge is 2.51. The summed E-state index contributed by atoms with van der Waals surface area (Å²) in [5.41, 5.74) is -0.474. The van der Waals surface area contributed by atoms with Gasteiger partial charge in [-0.05, 0) is 57.9 Å². The first kappa shape index (κ1) is 16.5. The van der Waals surface area contributed by atoms with Gasteiger partial charge in [-0.3, -0.25) is 0 Å². The predicted octanol–water partition coefficient (Wildman–Crippen LogP) is 1.57. The maximum atomic E-state index is 12.2. The Bertz CT molecular complexity index is 506. The smallest absolute Gasteiger partial charge is 0.424 e. The molecule has 2 rings (SSSR count). The molecule has 7 heteroatoms. The van der Waals surface area contributed by atoms with Crippen molar-refractivity contribution in [2.45, 2.75) is 45.6 Å². The van der Waals surface area contributed by atoms with Crippen molar-refractivity contribution in [1.82, 2.24) is 9.62 Å². The van der Waals surface area contributed by atoms with Crippen LogP contribution in [0.5, 0.6) is 0 Å². The summed E-state index contributed by atoms with van der Waals surface area (Å²) >= 11 is 0. The minimum absolute atomic E-state index is 0.175. The van der Waals surface area contributed by atoms with Crippen LogP contribution in [0, 0.1) is 11.3 Å². The summed E-state index contributed by atoms with van der Waals surface area (Å²) in [7, 11) is -3.63. The minimum Gasteiger partial charge on any atom is -0.443 e. The van der Waals surface area contributed by atoms with Gasteiger partial charge in [-0.25, -0.2) is 17.5 Å². The van der Waals surface area contributed by atoms with Crippen molar-refractivity contribution in [1.29, 1.82) is 0 Å². The van der Waals surface area contributed by atoms with E-state index in [4.69, 9.17) is 4.74 Å². The Hall–Kier alpha value is -0.820. The standard InChI is InChI=1S/C14H26N2O4S/c1-13(2,3)20-12(17)16(21(4,18)19)10-11-9-15-8-7-14(11)5-6-14/h11,15H,5-10H2,1-4H3. The molecule has 21 heavy (non-hydrogen) atoms. The molecule has 1 unspecified atom stereocenters. The van der Waals surface area contributed by atoms with E-state index in [-0.39, 0.29) is 17.9 Å². The average Bonchev–Trinajstić information content (AvgIpc) is 3.04. The van der Waals surface area contributed by atoms with Crippen LogP contribution >= 0.6 is 0 Å². The predicted molar refractivity (Wildman–Crippen MR) is 80.4 cm³/mol. The van der Waals surface area contributed by atoms with Gasteiger partial charge in [-0.15, -0.1) is 0 Å². The maximum absolute atomic E-state index is 12.2. The molecule has 1 aliphatic carbocycles. The average molecular weight is 318 g/mol.